The highest BCUT2D eigenvalue weighted by Crippen LogP contribution is 2.57. The van der Waals surface area contributed by atoms with Gasteiger partial charge in [0.05, 0.1) is 101 Å². The number of aryl methyl sites for hydroxylation is 5. The lowest BCUT2D eigenvalue weighted by atomic mass is 10.1. The number of aromatic amines is 3. The molecule has 0 spiro atoms. The Labute approximate surface area is 846 Å². The summed E-state index contributed by atoms with van der Waals surface area (Å²) in [4.78, 5) is 230. The third kappa shape index (κ3) is 25.9. The quantitative estimate of drug-likeness (QED) is 0.0157. The largest absolute Gasteiger partial charge is 0.780 e. The number of rotatable bonds is 41. The fraction of sp³-hybridized carbons (Fsp3) is 0.583. The van der Waals surface area contributed by atoms with E-state index in [1.165, 1.54) is 65.7 Å². The van der Waals surface area contributed by atoms with Gasteiger partial charge in [-0.3, -0.25) is 65.9 Å². The molecule has 9 aromatic rings. The monoisotopic (exact) mass is 2280 g/mol. The van der Waals surface area contributed by atoms with Crippen LogP contribution in [0.3, 0.4) is 0 Å². The Morgan fingerprint density at radius 1 is 0.361 bits per heavy atom. The Hall–Kier alpha value is -6.50. The summed E-state index contributed by atoms with van der Waals surface area (Å²) >= 11 is 38.0. The summed E-state index contributed by atoms with van der Waals surface area (Å²) < 4.78 is 148. The van der Waals surface area contributed by atoms with Crippen LogP contribution >= 0.6 is 47.1 Å². The van der Waals surface area contributed by atoms with E-state index in [0.717, 1.165) is 50.4 Å². The molecule has 788 valence electrons. The summed E-state index contributed by atoms with van der Waals surface area (Å²) in [6, 6.07) is 0. The Balaban J connectivity index is 0.608. The molecule has 0 radical (unpaired) electrons. The Bertz CT molecular complexity index is 7250. The molecular formula is C72H90N22O36P7S7-7. The second-order valence-electron chi connectivity index (χ2n) is 33.7. The van der Waals surface area contributed by atoms with Crippen LogP contribution in [0.15, 0.2) is 94.6 Å². The van der Waals surface area contributed by atoms with E-state index in [0.29, 0.717) is 11.1 Å². The highest BCUT2D eigenvalue weighted by atomic mass is 32.7. The van der Waals surface area contributed by atoms with Gasteiger partial charge in [-0.2, -0.15) is 9.97 Å². The Morgan fingerprint density at radius 2 is 0.611 bits per heavy atom. The number of nitrogen functional groups attached to an aromatic ring is 4. The highest BCUT2D eigenvalue weighted by Gasteiger charge is 2.49. The van der Waals surface area contributed by atoms with Gasteiger partial charge in [-0.05, 0) is 41.0 Å². The van der Waals surface area contributed by atoms with Crippen molar-refractivity contribution in [2.75, 3.05) is 69.7 Å². The van der Waals surface area contributed by atoms with Crippen molar-refractivity contribution in [1.29, 1.82) is 0 Å². The van der Waals surface area contributed by atoms with Crippen LogP contribution in [0, 0.1) is 34.6 Å². The van der Waals surface area contributed by atoms with Gasteiger partial charge in [-0.15, -0.1) is 0 Å². The maximum Gasteiger partial charge on any atom is 0.351 e. The van der Waals surface area contributed by atoms with Gasteiger partial charge in [0.25, 0.3) is 16.7 Å². The van der Waals surface area contributed by atoms with E-state index in [2.05, 4.69) is 54.8 Å². The maximum atomic E-state index is 15.0. The normalized spacial score (nSPS) is 29.7. The Morgan fingerprint density at radius 3 is 0.903 bits per heavy atom. The van der Waals surface area contributed by atoms with Crippen molar-refractivity contribution >= 4 is 176 Å². The molecule has 0 aliphatic carbocycles. The number of nitrogens with one attached hydrogen (secondary N) is 3. The minimum atomic E-state index is -5.03. The fourth-order valence-electron chi connectivity index (χ4n) is 16.6. The van der Waals surface area contributed by atoms with E-state index in [9.17, 15) is 67.4 Å². The Kier molecular flexibility index (Phi) is 34.0. The van der Waals surface area contributed by atoms with Crippen molar-refractivity contribution in [3.05, 3.63) is 168 Å². The molecule has 7 aliphatic heterocycles. The lowest BCUT2D eigenvalue weighted by molar-refractivity contribution is -0.221. The molecule has 9 aromatic heterocycles. The fourth-order valence-corrected chi connectivity index (χ4v) is 26.4. The SMILES string of the molecule is CC[C@H]1O[C@@H](n2cc(C)c(N)nc2=O)C[C@H]1OP([O-])(=S)OC[C@H]1O[C@@H](n2cc(C)c(=O)[nH]c2=O)C[C@H]1OP(=O)([S-])OC[C@H]1O[C@@H](n2cc(C)c(=O)[nH]c2=O)C[C@H]1OP([O-])(=S)OC[C@H]1O[C@@H](n2cnc3c(N)ncnc32)C[C@H]1OP([O-])(=S)OC[C@H]1O[C@@H](n2cc(C)c(=O)[nH]c2=O)C[C@H]1OP([O-])(=S)OC[C@H]1O[C@@H](n2cnc3c(N)ncnc32)C[C@H]1OP([O-])(=S)OC[C@H]1O[C@@H](n2cc(C)c(N)nc2=O)C[C@H]1OP([O-])(=S)OC. The molecule has 72 heteroatoms. The van der Waals surface area contributed by atoms with Crippen LogP contribution in [-0.2, 0) is 184 Å². The van der Waals surface area contributed by atoms with E-state index in [1.54, 1.807) is 20.8 Å². The first-order chi connectivity index (χ1) is 67.8. The molecule has 28 atom stereocenters. The number of hydrogen-bond donors (Lipinski definition) is 7. The molecule has 0 amide bonds. The van der Waals surface area contributed by atoms with E-state index in [1.807, 2.05) is 0 Å². The van der Waals surface area contributed by atoms with Crippen LogP contribution in [0.4, 0.5) is 23.3 Å². The molecule has 7 unspecified atom stereocenters. The number of nitrogens with two attached hydrogens (primary N) is 4. The maximum absolute atomic E-state index is 15.0. The molecule has 11 N–H and O–H groups in total. The van der Waals surface area contributed by atoms with E-state index in [4.69, 9.17) is 203 Å². The van der Waals surface area contributed by atoms with Crippen LogP contribution in [0.5, 0.6) is 0 Å². The second-order valence-corrected chi connectivity index (χ2v) is 52.7. The van der Waals surface area contributed by atoms with Crippen molar-refractivity contribution < 1.29 is 130 Å². The molecule has 7 saturated heterocycles. The molecule has 16 heterocycles. The van der Waals surface area contributed by atoms with E-state index >= 15 is 4.89 Å². The van der Waals surface area contributed by atoms with Gasteiger partial charge in [-0.1, -0.05) is 77.8 Å². The number of fused-ring (bicyclic) bond motifs is 2. The van der Waals surface area contributed by atoms with Crippen LogP contribution < -0.4 is 97.4 Å². The lowest BCUT2D eigenvalue weighted by Gasteiger charge is -2.36. The minimum absolute atomic E-state index is 0.0000909. The number of anilines is 4. The van der Waals surface area contributed by atoms with Gasteiger partial charge in [0.2, 0.25) is 0 Å². The number of ether oxygens (including phenoxy) is 7. The summed E-state index contributed by atoms with van der Waals surface area (Å²) in [6.45, 7) is -29.6. The molecule has 0 aromatic carbocycles. The smallest absolute Gasteiger partial charge is 0.351 e. The summed E-state index contributed by atoms with van der Waals surface area (Å²) in [5, 5.41) is 0. The van der Waals surface area contributed by atoms with Crippen LogP contribution in [-0.4, -0.2) is 219 Å². The van der Waals surface area contributed by atoms with Crippen LogP contribution in [0.2, 0.25) is 0 Å². The third-order valence-electron chi connectivity index (χ3n) is 23.9. The van der Waals surface area contributed by atoms with Gasteiger partial charge >= 0.3 is 28.4 Å². The average Bonchev–Trinajstić information content (AvgIpc) is 1.62. The molecule has 16 rings (SSSR count). The van der Waals surface area contributed by atoms with Crippen molar-refractivity contribution in [3.63, 3.8) is 0 Å². The summed E-state index contributed by atoms with van der Waals surface area (Å²) in [5.41, 5.74) is 18.7. The molecule has 0 bridgehead atoms. The molecule has 7 fully saturated rings. The van der Waals surface area contributed by atoms with E-state index in [-0.39, 0.29) is 94.4 Å². The van der Waals surface area contributed by atoms with Crippen molar-refractivity contribution in [2.45, 2.75) is 222 Å². The zero-order chi connectivity index (χ0) is 104. The predicted molar refractivity (Wildman–Crippen MR) is 510 cm³/mol. The number of H-pyrrole nitrogens is 3. The van der Waals surface area contributed by atoms with Gasteiger partial charge in [0.1, 0.15) is 156 Å². The average molecular weight is 2280 g/mol. The first-order valence-corrected chi connectivity index (χ1v) is 61.2. The van der Waals surface area contributed by atoms with Crippen LogP contribution in [0.1, 0.15) is 130 Å². The third-order valence-corrected chi connectivity index (χ3v) is 34.9. The zero-order valence-corrected chi connectivity index (χ0v) is 87.9. The standard InChI is InChI=1S/C72H97N22O36P7S7/c1-8-36-37(9-50(117-36)88-16-31(2)59(73)83-68(88)98)125-132(104,139)111-22-45-39(11-52(119-45)90-18-33(4)65(95)85-70(90)100)126-133(105,140)113-23-46-40(12-53(120-46)91-19-34(5)66(96)86-71(91)101)127-134(106,141)116-26-49-43(15-56(123-49)94-30-82-58-62(76)78-28-80-64(58)94)130-137(109,144)114-24-47-41(13-54(121-47)92-20-35(6)67(97)87-72(92)102)128-135(107,142)115-25-48-42(14-55(122-48)93-29-81-57-61(75)77-27-79-63(57)93)129-136(108,143)112-21-44-38(124-131(103,138)110-7)10-51(118-44)89-17-32(3)60(74)84-69(89)99/h16-20,27-30,36-56H,8-15,21-26H2,1-7H3,(H,103,138)(H,104,139)(H,105,140)(H,106,141)(H,107,142)(H,108,143)(H,109,144)(H2,73,83,98)(H2,74,84,99)(H2,75,77,79)(H2,76,78,80)(H,85,95,100)(H,86,96,101)(H,87,97,102)/p-7/t36-,37-,38-,39-,40-,41-,42-,43-,44-,45-,46-,47-,48-,49-,50-,51-,52-,53-,54-,55-,56-,131?,132?,133?,134?,135?,136?,137?/m1/s1. The van der Waals surface area contributed by atoms with Crippen molar-refractivity contribution in [3.8, 4) is 0 Å². The van der Waals surface area contributed by atoms with Crippen LogP contribution in [0.25, 0.3) is 22.3 Å². The molecular weight excluding hydrogens is 2190 g/mol. The zero-order valence-electron chi connectivity index (χ0n) is 75.9. The topological polar surface area (TPSA) is 775 Å². The van der Waals surface area contributed by atoms with Gasteiger partial charge in [0.15, 0.2) is 29.7 Å². The molecule has 7 aliphatic rings. The molecule has 0 saturated carbocycles. The lowest BCUT2D eigenvalue weighted by Crippen LogP contribution is -2.34. The molecule has 144 heavy (non-hydrogen) atoms. The molecule has 58 nitrogen and oxygen atoms in total. The minimum Gasteiger partial charge on any atom is -0.780 e. The first-order valence-electron chi connectivity index (χ1n) is 43.3. The second kappa shape index (κ2) is 44.4. The number of imidazole rings is 2. The van der Waals surface area contributed by atoms with E-state index < -0.39 is 280 Å². The summed E-state index contributed by atoms with van der Waals surface area (Å²) in [7, 11) is 1.04. The number of aromatic nitrogens is 18. The predicted octanol–water partition coefficient (Wildman–Crippen LogP) is -2.27. The highest BCUT2D eigenvalue weighted by molar-refractivity contribution is 8.32. The van der Waals surface area contributed by atoms with Crippen molar-refractivity contribution in [2.24, 2.45) is 0 Å². The summed E-state index contributed by atoms with van der Waals surface area (Å²) in [5.74, 6) is -0.133. The summed E-state index contributed by atoms with van der Waals surface area (Å²) in [6.07, 6.45) is -19.4. The van der Waals surface area contributed by atoms with Gasteiger partial charge in [-0.25, -0.2) is 53.9 Å². The number of hydrogen-bond acceptors (Lipinski definition) is 55. The van der Waals surface area contributed by atoms with Crippen molar-refractivity contribution in [1.82, 2.24) is 86.8 Å². The first kappa shape index (κ1) is 110. The van der Waals surface area contributed by atoms with Gasteiger partial charge in [0, 0.05) is 111 Å². The van der Waals surface area contributed by atoms with Gasteiger partial charge < -0.3 is 161 Å². The number of nitrogens with zero attached hydrogens (tertiary/aromatic N) is 15.